The lowest BCUT2D eigenvalue weighted by molar-refractivity contribution is 1.02. The summed E-state index contributed by atoms with van der Waals surface area (Å²) in [5.41, 5.74) is 2.80. The molecule has 2 atom stereocenters. The molecule has 0 nitrogen and oxygen atoms in total. The van der Waals surface area contributed by atoms with Crippen LogP contribution in [0, 0.1) is 6.92 Å². The average molecular weight is 467 g/mol. The van der Waals surface area contributed by atoms with Crippen molar-refractivity contribution in [3.05, 3.63) is 35.4 Å². The molecular formula is C9H9P3S8. The van der Waals surface area contributed by atoms with Crippen molar-refractivity contribution < 1.29 is 0 Å². The molecule has 0 spiro atoms. The zero-order valence-electron chi connectivity index (χ0n) is 10.1. The van der Waals surface area contributed by atoms with E-state index in [4.69, 9.17) is 35.4 Å². The molecule has 4 aliphatic heterocycles. The number of hydrogen-bond acceptors (Lipinski definition) is 8. The molecule has 4 bridgehead atoms. The van der Waals surface area contributed by atoms with E-state index in [0.29, 0.717) is 0 Å². The molecule has 0 radical (unpaired) electrons. The summed E-state index contributed by atoms with van der Waals surface area (Å²) >= 11 is 28.2. The van der Waals surface area contributed by atoms with Gasteiger partial charge in [0.1, 0.15) is 11.4 Å². The highest BCUT2D eigenvalue weighted by Crippen LogP contribution is 3.19. The average Bonchev–Trinajstić information content (AvgIpc) is 2.22. The third kappa shape index (κ3) is 2.65. The van der Waals surface area contributed by atoms with Gasteiger partial charge in [-0.3, -0.25) is 0 Å². The quantitative estimate of drug-likeness (QED) is 0.383. The normalized spacial score (nSPS) is 49.5. The van der Waals surface area contributed by atoms with E-state index in [0.717, 1.165) is 6.16 Å². The van der Waals surface area contributed by atoms with Crippen LogP contribution < -0.4 is 0 Å². The van der Waals surface area contributed by atoms with E-state index in [-0.39, 0.29) is 4.08 Å². The maximum Gasteiger partial charge on any atom is 0.122 e. The van der Waals surface area contributed by atoms with Crippen molar-refractivity contribution in [3.63, 3.8) is 0 Å². The molecule has 0 amide bonds. The van der Waals surface area contributed by atoms with Gasteiger partial charge in [0.05, 0.1) is 4.44 Å². The highest BCUT2D eigenvalue weighted by atomic mass is 33.9. The van der Waals surface area contributed by atoms with E-state index in [2.05, 4.69) is 31.2 Å². The molecule has 1 aromatic carbocycles. The van der Waals surface area contributed by atoms with E-state index in [1.807, 2.05) is 55.8 Å². The van der Waals surface area contributed by atoms with Crippen LogP contribution in [0.1, 0.15) is 11.1 Å². The van der Waals surface area contributed by atoms with Crippen LogP contribution in [0.5, 0.6) is 0 Å². The van der Waals surface area contributed by atoms with Crippen LogP contribution >= 0.6 is 67.5 Å². The van der Waals surface area contributed by atoms with Gasteiger partial charge in [0, 0.05) is 6.16 Å². The van der Waals surface area contributed by atoms with Gasteiger partial charge in [-0.05, 0) is 29.1 Å². The third-order valence-corrected chi connectivity index (χ3v) is 61.5. The minimum atomic E-state index is -1.52. The lowest BCUT2D eigenvalue weighted by Gasteiger charge is -2.57. The Balaban J connectivity index is 1.96. The molecule has 108 valence electrons. The molecule has 11 heteroatoms. The zero-order valence-corrected chi connectivity index (χ0v) is 19.3. The molecule has 0 saturated carbocycles. The van der Waals surface area contributed by atoms with Gasteiger partial charge >= 0.3 is 0 Å². The lowest BCUT2D eigenvalue weighted by Crippen LogP contribution is -2.27. The van der Waals surface area contributed by atoms with Gasteiger partial charge in [0.2, 0.25) is 0 Å². The smallest absolute Gasteiger partial charge is 0.0798 e. The number of benzene rings is 1. The Kier molecular flexibility index (Phi) is 4.27. The van der Waals surface area contributed by atoms with Crippen molar-refractivity contribution in [3.8, 4) is 0 Å². The monoisotopic (exact) mass is 466 g/mol. The lowest BCUT2D eigenvalue weighted by atomic mass is 10.1. The molecule has 1 aromatic rings. The highest BCUT2D eigenvalue weighted by Gasteiger charge is 2.64. The standard InChI is InChI=1S/C9H9P3S8/c1-7-4-2-3-5-8(7)9-6-10(13)18-11(14,16-9)20-12(15,17-9)19-10/h2-5H,6H2,1H3. The maximum absolute atomic E-state index is 6.07. The largest absolute Gasteiger partial charge is 0.122 e. The second-order valence-corrected chi connectivity index (χ2v) is 46.6. The first-order valence-electron chi connectivity index (χ1n) is 5.66. The molecule has 5 rings (SSSR count). The Hall–Kier alpha value is 2.92. The second kappa shape index (κ2) is 5.21. The predicted octanol–water partition coefficient (Wildman–Crippen LogP) is 7.61. The van der Waals surface area contributed by atoms with Crippen molar-refractivity contribution in [2.24, 2.45) is 0 Å². The molecule has 0 aromatic heterocycles. The van der Waals surface area contributed by atoms with E-state index in [1.54, 1.807) is 0 Å². The minimum Gasteiger partial charge on any atom is -0.0798 e. The minimum absolute atomic E-state index is 0.0771. The summed E-state index contributed by atoms with van der Waals surface area (Å²) in [6, 6.07) is 8.74. The van der Waals surface area contributed by atoms with E-state index in [1.165, 1.54) is 11.1 Å². The Morgan fingerprint density at radius 2 is 1.60 bits per heavy atom. The Morgan fingerprint density at radius 3 is 2.15 bits per heavy atom. The van der Waals surface area contributed by atoms with Gasteiger partial charge in [-0.1, -0.05) is 104 Å². The fourth-order valence-electron chi connectivity index (χ4n) is 2.47. The third-order valence-electron chi connectivity index (χ3n) is 3.12. The molecule has 4 aliphatic rings. The first-order valence-corrected chi connectivity index (χ1v) is 23.2. The molecule has 4 fully saturated rings. The van der Waals surface area contributed by atoms with Crippen LogP contribution in [-0.4, -0.2) is 6.16 Å². The summed E-state index contributed by atoms with van der Waals surface area (Å²) in [6.45, 7) is 2.21. The topological polar surface area (TPSA) is 0 Å². The molecule has 2 unspecified atom stereocenters. The van der Waals surface area contributed by atoms with Gasteiger partial charge in [0.25, 0.3) is 0 Å². The van der Waals surface area contributed by atoms with Crippen LogP contribution in [0.2, 0.25) is 0 Å². The summed E-state index contributed by atoms with van der Waals surface area (Å²) in [5, 5.41) is 0. The summed E-state index contributed by atoms with van der Waals surface area (Å²) < 4.78 is -4.42. The first-order chi connectivity index (χ1) is 9.26. The highest BCUT2D eigenvalue weighted by molar-refractivity contribution is 9.61. The molecule has 4 saturated heterocycles. The van der Waals surface area contributed by atoms with Crippen molar-refractivity contribution in [1.82, 2.24) is 0 Å². The molecular weight excluding hydrogens is 458 g/mol. The number of aryl methyl sites for hydroxylation is 1. The SMILES string of the molecule is Cc1ccccc1C12CP3(=S)SP(=S)(S1)SP(=S)(S2)S3. The van der Waals surface area contributed by atoms with Crippen LogP contribution in [-0.2, 0) is 39.5 Å². The summed E-state index contributed by atoms with van der Waals surface area (Å²) in [7, 11) is 0. The van der Waals surface area contributed by atoms with Crippen molar-refractivity contribution in [1.29, 1.82) is 0 Å². The molecule has 0 aliphatic carbocycles. The van der Waals surface area contributed by atoms with Crippen LogP contribution in [0.25, 0.3) is 0 Å². The number of hydrogen-bond donors (Lipinski definition) is 0. The first kappa shape index (κ1) is 16.4. The second-order valence-electron chi connectivity index (χ2n) is 4.66. The van der Waals surface area contributed by atoms with E-state index in [9.17, 15) is 0 Å². The van der Waals surface area contributed by atoms with Crippen LogP contribution in [0.15, 0.2) is 24.3 Å². The van der Waals surface area contributed by atoms with Gasteiger partial charge in [-0.15, -0.1) is 0 Å². The molecule has 20 heavy (non-hydrogen) atoms. The van der Waals surface area contributed by atoms with Crippen molar-refractivity contribution in [2.45, 2.75) is 11.0 Å². The van der Waals surface area contributed by atoms with Crippen molar-refractivity contribution >= 4 is 103 Å². The Morgan fingerprint density at radius 1 is 1.00 bits per heavy atom. The van der Waals surface area contributed by atoms with Crippen LogP contribution in [0.3, 0.4) is 0 Å². The van der Waals surface area contributed by atoms with Gasteiger partial charge in [0.15, 0.2) is 0 Å². The van der Waals surface area contributed by atoms with Gasteiger partial charge < -0.3 is 0 Å². The summed E-state index contributed by atoms with van der Waals surface area (Å²) in [5.74, 6) is 0. The molecule has 0 N–H and O–H groups in total. The number of rotatable bonds is 1. The fourth-order valence-corrected chi connectivity index (χ4v) is 124. The van der Waals surface area contributed by atoms with Gasteiger partial charge in [-0.2, -0.15) is 0 Å². The van der Waals surface area contributed by atoms with Gasteiger partial charge in [-0.25, -0.2) is 0 Å². The van der Waals surface area contributed by atoms with Crippen LogP contribution in [0.4, 0.5) is 0 Å². The predicted molar refractivity (Wildman–Crippen MR) is 119 cm³/mol. The fraction of sp³-hybridized carbons (Fsp3) is 0.333. The molecule has 4 heterocycles. The summed E-state index contributed by atoms with van der Waals surface area (Å²) in [6.07, 6.45) is 1.11. The Labute approximate surface area is 153 Å². The van der Waals surface area contributed by atoms with E-state index < -0.39 is 11.7 Å². The maximum atomic E-state index is 6.07. The van der Waals surface area contributed by atoms with E-state index >= 15 is 0 Å². The Bertz CT molecular complexity index is 675. The summed E-state index contributed by atoms with van der Waals surface area (Å²) in [4.78, 5) is 0. The van der Waals surface area contributed by atoms with Crippen molar-refractivity contribution in [2.75, 3.05) is 6.16 Å². The zero-order chi connectivity index (χ0) is 14.2.